The molecular weight excluding hydrogens is 280 g/mol. The summed E-state index contributed by atoms with van der Waals surface area (Å²) < 4.78 is 4.71. The van der Waals surface area contributed by atoms with Crippen molar-refractivity contribution in [3.63, 3.8) is 0 Å². The number of fused-ring (bicyclic) bond motifs is 1. The number of amides is 1. The first-order valence-electron chi connectivity index (χ1n) is 7.36. The van der Waals surface area contributed by atoms with E-state index in [0.717, 1.165) is 16.5 Å². The van der Waals surface area contributed by atoms with E-state index >= 15 is 0 Å². The highest BCUT2D eigenvalue weighted by atomic mass is 16.5. The maximum Gasteiger partial charge on any atom is 0.310 e. The number of rotatable bonds is 4. The number of esters is 1. The number of hydrogen-bond donors (Lipinski definition) is 0. The van der Waals surface area contributed by atoms with Gasteiger partial charge in [0.2, 0.25) is 5.91 Å². The van der Waals surface area contributed by atoms with Crippen LogP contribution in [0.15, 0.2) is 36.5 Å². The first kappa shape index (κ1) is 14.5. The number of hydrogen-bond acceptors (Lipinski definition) is 4. The molecule has 22 heavy (non-hydrogen) atoms. The number of methoxy groups -OCH3 is 1. The van der Waals surface area contributed by atoms with Crippen molar-refractivity contribution < 1.29 is 14.3 Å². The van der Waals surface area contributed by atoms with Gasteiger partial charge in [0.15, 0.2) is 0 Å². The van der Waals surface area contributed by atoms with Crippen LogP contribution >= 0.6 is 0 Å². The Kier molecular flexibility index (Phi) is 4.04. The molecule has 0 saturated carbocycles. The quantitative estimate of drug-likeness (QED) is 0.808. The third-order valence-corrected chi connectivity index (χ3v) is 4.07. The topological polar surface area (TPSA) is 59.5 Å². The molecule has 1 aliphatic rings. The molecule has 5 heteroatoms. The zero-order chi connectivity index (χ0) is 15.5. The lowest BCUT2D eigenvalue weighted by molar-refractivity contribution is -0.145. The molecule has 1 saturated heterocycles. The van der Waals surface area contributed by atoms with Crippen LogP contribution in [0.2, 0.25) is 0 Å². The van der Waals surface area contributed by atoms with Crippen LogP contribution in [0.3, 0.4) is 0 Å². The predicted octanol–water partition coefficient (Wildman–Crippen LogP) is 1.80. The summed E-state index contributed by atoms with van der Waals surface area (Å²) in [5.74, 6) is -0.627. The summed E-state index contributed by atoms with van der Waals surface area (Å²) in [5.41, 5.74) is 0.952. The van der Waals surface area contributed by atoms with Crippen molar-refractivity contribution in [3.05, 3.63) is 42.2 Å². The maximum atomic E-state index is 11.9. The van der Waals surface area contributed by atoms with Gasteiger partial charge in [0.1, 0.15) is 0 Å². The molecule has 0 spiro atoms. The predicted molar refractivity (Wildman–Crippen MR) is 82.2 cm³/mol. The van der Waals surface area contributed by atoms with Crippen molar-refractivity contribution in [1.29, 1.82) is 0 Å². The van der Waals surface area contributed by atoms with Gasteiger partial charge < -0.3 is 9.64 Å². The molecule has 1 atom stereocenters. The fourth-order valence-electron chi connectivity index (χ4n) is 2.83. The van der Waals surface area contributed by atoms with Gasteiger partial charge in [0.25, 0.3) is 0 Å². The van der Waals surface area contributed by atoms with Gasteiger partial charge in [-0.25, -0.2) is 0 Å². The molecule has 1 aliphatic heterocycles. The molecule has 5 nitrogen and oxygen atoms in total. The van der Waals surface area contributed by atoms with Gasteiger partial charge in [-0.15, -0.1) is 0 Å². The number of pyridine rings is 1. The lowest BCUT2D eigenvalue weighted by atomic mass is 10.1. The molecule has 1 amide bonds. The molecule has 0 aliphatic carbocycles. The van der Waals surface area contributed by atoms with E-state index in [1.54, 1.807) is 4.90 Å². The average molecular weight is 298 g/mol. The highest BCUT2D eigenvalue weighted by Crippen LogP contribution is 2.20. The minimum atomic E-state index is -0.331. The van der Waals surface area contributed by atoms with Crippen LogP contribution in [0.5, 0.6) is 0 Å². The normalized spacial score (nSPS) is 18.0. The Labute approximate surface area is 128 Å². The fourth-order valence-corrected chi connectivity index (χ4v) is 2.83. The van der Waals surface area contributed by atoms with Crippen LogP contribution in [0.4, 0.5) is 0 Å². The zero-order valence-corrected chi connectivity index (χ0v) is 12.5. The highest BCUT2D eigenvalue weighted by Gasteiger charge is 2.34. The number of aromatic nitrogens is 1. The molecule has 2 heterocycles. The number of nitrogens with zero attached hydrogens (tertiary/aromatic N) is 2. The van der Waals surface area contributed by atoms with E-state index in [1.165, 1.54) is 7.11 Å². The zero-order valence-electron chi connectivity index (χ0n) is 12.5. The SMILES string of the molecule is COC(=O)C1CC(=O)N(CCc2cc3ccccc3cn2)C1. The van der Waals surface area contributed by atoms with E-state index in [2.05, 4.69) is 11.1 Å². The number of likely N-dealkylation sites (tertiary alicyclic amines) is 1. The molecule has 114 valence electrons. The third-order valence-electron chi connectivity index (χ3n) is 4.07. The van der Waals surface area contributed by atoms with E-state index in [9.17, 15) is 9.59 Å². The van der Waals surface area contributed by atoms with Crippen molar-refractivity contribution in [2.24, 2.45) is 5.92 Å². The Balaban J connectivity index is 1.64. The Morgan fingerprint density at radius 2 is 2.14 bits per heavy atom. The molecule has 1 aromatic heterocycles. The van der Waals surface area contributed by atoms with E-state index in [0.29, 0.717) is 19.5 Å². The first-order valence-corrected chi connectivity index (χ1v) is 7.36. The third kappa shape index (κ3) is 2.93. The molecule has 1 aromatic carbocycles. The van der Waals surface area contributed by atoms with Crippen molar-refractivity contribution >= 4 is 22.6 Å². The molecule has 3 rings (SSSR count). The van der Waals surface area contributed by atoms with Gasteiger partial charge in [0.05, 0.1) is 13.0 Å². The molecular formula is C17H18N2O3. The Morgan fingerprint density at radius 1 is 1.36 bits per heavy atom. The second kappa shape index (κ2) is 6.13. The van der Waals surface area contributed by atoms with Gasteiger partial charge in [-0.2, -0.15) is 0 Å². The summed E-state index contributed by atoms with van der Waals surface area (Å²) in [4.78, 5) is 29.6. The summed E-state index contributed by atoms with van der Waals surface area (Å²) >= 11 is 0. The van der Waals surface area contributed by atoms with Gasteiger partial charge in [-0.3, -0.25) is 14.6 Å². The fraction of sp³-hybridized carbons (Fsp3) is 0.353. The molecule has 0 N–H and O–H groups in total. The lowest BCUT2D eigenvalue weighted by Crippen LogP contribution is -2.28. The Hall–Kier alpha value is -2.43. The van der Waals surface area contributed by atoms with Crippen LogP contribution in [-0.4, -0.2) is 42.0 Å². The summed E-state index contributed by atoms with van der Waals surface area (Å²) in [5, 5.41) is 2.25. The highest BCUT2D eigenvalue weighted by molar-refractivity contribution is 5.86. The standard InChI is InChI=1S/C17H18N2O3/c1-22-17(21)14-9-16(20)19(11-14)7-6-15-8-12-4-2-3-5-13(12)10-18-15/h2-5,8,10,14H,6-7,9,11H2,1H3. The lowest BCUT2D eigenvalue weighted by Gasteiger charge is -2.16. The van der Waals surface area contributed by atoms with E-state index in [-0.39, 0.29) is 24.2 Å². The summed E-state index contributed by atoms with van der Waals surface area (Å²) in [6, 6.07) is 10.1. The Morgan fingerprint density at radius 3 is 2.91 bits per heavy atom. The largest absolute Gasteiger partial charge is 0.469 e. The van der Waals surface area contributed by atoms with E-state index in [1.807, 2.05) is 30.5 Å². The molecule has 1 unspecified atom stereocenters. The Bertz CT molecular complexity index is 714. The smallest absolute Gasteiger partial charge is 0.310 e. The van der Waals surface area contributed by atoms with Crippen molar-refractivity contribution in [2.75, 3.05) is 20.2 Å². The molecule has 1 fully saturated rings. The summed E-state index contributed by atoms with van der Waals surface area (Å²) in [6.45, 7) is 1.02. The van der Waals surface area contributed by atoms with Crippen LogP contribution in [-0.2, 0) is 20.7 Å². The number of carbonyl (C=O) groups is 2. The van der Waals surface area contributed by atoms with E-state index in [4.69, 9.17) is 4.74 Å². The maximum absolute atomic E-state index is 11.9. The number of ether oxygens (including phenoxy) is 1. The van der Waals surface area contributed by atoms with Crippen LogP contribution < -0.4 is 0 Å². The monoisotopic (exact) mass is 298 g/mol. The van der Waals surface area contributed by atoms with Crippen molar-refractivity contribution in [2.45, 2.75) is 12.8 Å². The average Bonchev–Trinajstić information content (AvgIpc) is 2.93. The van der Waals surface area contributed by atoms with Crippen LogP contribution in [0, 0.1) is 5.92 Å². The van der Waals surface area contributed by atoms with Gasteiger partial charge in [-0.1, -0.05) is 24.3 Å². The van der Waals surface area contributed by atoms with Gasteiger partial charge >= 0.3 is 5.97 Å². The molecule has 0 bridgehead atoms. The van der Waals surface area contributed by atoms with Gasteiger partial charge in [-0.05, 0) is 11.5 Å². The van der Waals surface area contributed by atoms with Crippen molar-refractivity contribution in [1.82, 2.24) is 9.88 Å². The number of benzene rings is 1. The van der Waals surface area contributed by atoms with Gasteiger partial charge in [0, 0.05) is 43.2 Å². The minimum Gasteiger partial charge on any atom is -0.469 e. The van der Waals surface area contributed by atoms with Crippen molar-refractivity contribution in [3.8, 4) is 0 Å². The van der Waals surface area contributed by atoms with E-state index < -0.39 is 0 Å². The van der Waals surface area contributed by atoms with Crippen LogP contribution in [0.25, 0.3) is 10.8 Å². The second-order valence-electron chi connectivity index (χ2n) is 5.54. The first-order chi connectivity index (χ1) is 10.7. The van der Waals surface area contributed by atoms with Crippen LogP contribution in [0.1, 0.15) is 12.1 Å². The summed E-state index contributed by atoms with van der Waals surface area (Å²) in [7, 11) is 1.36. The number of carbonyl (C=O) groups excluding carboxylic acids is 2. The second-order valence-corrected chi connectivity index (χ2v) is 5.54. The summed E-state index contributed by atoms with van der Waals surface area (Å²) in [6.07, 6.45) is 2.79. The molecule has 2 aromatic rings. The molecule has 0 radical (unpaired) electrons. The minimum absolute atomic E-state index is 0.0104.